The van der Waals surface area contributed by atoms with Crippen LogP contribution in [0.25, 0.3) is 0 Å². The maximum atomic E-state index is 6.60. The molecule has 3 rings (SSSR count). The molecule has 2 nitrogen and oxygen atoms in total. The van der Waals surface area contributed by atoms with E-state index >= 15 is 0 Å². The number of para-hydroxylation sites is 2. The van der Waals surface area contributed by atoms with Crippen molar-refractivity contribution in [3.8, 4) is 11.5 Å². The van der Waals surface area contributed by atoms with Crippen LogP contribution in [0.1, 0.15) is 56.2 Å². The third kappa shape index (κ3) is 8.52. The average molecular weight is 499 g/mol. The summed E-state index contributed by atoms with van der Waals surface area (Å²) in [6.07, 6.45) is 7.47. The fourth-order valence-electron chi connectivity index (χ4n) is 3.57. The Morgan fingerprint density at radius 1 is 0.667 bits per heavy atom. The summed E-state index contributed by atoms with van der Waals surface area (Å²) in [4.78, 5) is 0. The van der Waals surface area contributed by atoms with Crippen molar-refractivity contribution in [1.82, 2.24) is 0 Å². The molecule has 5 heteroatoms. The molecule has 3 aromatic carbocycles. The lowest BCUT2D eigenvalue weighted by atomic mass is 10.1. The minimum absolute atomic E-state index is 0.857. The zero-order valence-corrected chi connectivity index (χ0v) is 22.3. The lowest BCUT2D eigenvalue weighted by molar-refractivity contribution is 0.497. The van der Waals surface area contributed by atoms with Crippen molar-refractivity contribution in [2.75, 3.05) is 5.75 Å². The first-order valence-electron chi connectivity index (χ1n) is 12.0. The van der Waals surface area contributed by atoms with Crippen LogP contribution < -0.4 is 9.05 Å². The van der Waals surface area contributed by atoms with Gasteiger partial charge in [-0.3, -0.25) is 0 Å². The molecule has 0 N–H and O–H groups in total. The van der Waals surface area contributed by atoms with Gasteiger partial charge < -0.3 is 9.05 Å². The molecule has 0 heterocycles. The Morgan fingerprint density at radius 2 is 1.15 bits per heavy atom. The molecular weight excluding hydrogens is 463 g/mol. The molecule has 0 amide bonds. The Balaban J connectivity index is 1.83. The van der Waals surface area contributed by atoms with Crippen molar-refractivity contribution in [3.05, 3.63) is 95.6 Å². The summed E-state index contributed by atoms with van der Waals surface area (Å²) in [5.74, 6) is 2.59. The molecule has 0 bridgehead atoms. The summed E-state index contributed by atoms with van der Waals surface area (Å²) in [5, 5.41) is 0. The highest BCUT2D eigenvalue weighted by atomic mass is 32.9. The number of rotatable bonds is 14. The van der Waals surface area contributed by atoms with Gasteiger partial charge in [-0.2, -0.15) is 0 Å². The number of benzene rings is 3. The summed E-state index contributed by atoms with van der Waals surface area (Å²) < 4.78 is 13.2. The smallest absolute Gasteiger partial charge is 0.348 e. The van der Waals surface area contributed by atoms with Crippen molar-refractivity contribution in [2.24, 2.45) is 0 Å². The van der Waals surface area contributed by atoms with E-state index in [0.29, 0.717) is 0 Å². The van der Waals surface area contributed by atoms with Crippen molar-refractivity contribution in [2.45, 2.75) is 58.8 Å². The SMILES string of the molecule is CCCCc1ccccc1OP(=S)(Oc1ccccc1CCCC)SCCc1ccccc1. The molecule has 0 saturated carbocycles. The number of unbranched alkanes of at least 4 members (excludes halogenated alkanes) is 2. The van der Waals surface area contributed by atoms with E-state index < -0.39 is 5.69 Å². The molecule has 0 radical (unpaired) electrons. The van der Waals surface area contributed by atoms with Crippen molar-refractivity contribution in [1.29, 1.82) is 0 Å². The first-order valence-corrected chi connectivity index (χ1v) is 16.2. The van der Waals surface area contributed by atoms with Gasteiger partial charge in [0.1, 0.15) is 11.5 Å². The van der Waals surface area contributed by atoms with Crippen LogP contribution in [0, 0.1) is 0 Å². The van der Waals surface area contributed by atoms with Crippen LogP contribution >= 0.6 is 17.1 Å². The van der Waals surface area contributed by atoms with E-state index in [1.54, 1.807) is 11.4 Å². The van der Waals surface area contributed by atoms with Gasteiger partial charge in [0.2, 0.25) is 0 Å². The maximum Gasteiger partial charge on any atom is 0.348 e. The zero-order valence-electron chi connectivity index (χ0n) is 19.7. The molecule has 0 spiro atoms. The highest BCUT2D eigenvalue weighted by Crippen LogP contribution is 2.61. The van der Waals surface area contributed by atoms with Crippen LogP contribution in [-0.4, -0.2) is 5.75 Å². The molecule has 0 aromatic heterocycles. The van der Waals surface area contributed by atoms with Crippen LogP contribution in [0.15, 0.2) is 78.9 Å². The van der Waals surface area contributed by atoms with Gasteiger partial charge in [-0.05, 0) is 84.1 Å². The molecule has 33 heavy (non-hydrogen) atoms. The first-order chi connectivity index (χ1) is 16.1. The molecule has 0 saturated heterocycles. The highest BCUT2D eigenvalue weighted by Gasteiger charge is 2.26. The van der Waals surface area contributed by atoms with Gasteiger partial charge in [0.15, 0.2) is 0 Å². The van der Waals surface area contributed by atoms with Gasteiger partial charge in [0.05, 0.1) is 0 Å². The number of hydrogen-bond acceptors (Lipinski definition) is 4. The molecular formula is C28H35O2PS2. The fourth-order valence-corrected chi connectivity index (χ4v) is 7.99. The van der Waals surface area contributed by atoms with E-state index in [1.165, 1.54) is 16.7 Å². The summed E-state index contributed by atoms with van der Waals surface area (Å²) in [6.45, 7) is 4.42. The molecule has 176 valence electrons. The molecule has 3 aromatic rings. The Kier molecular flexibility index (Phi) is 10.9. The van der Waals surface area contributed by atoms with Gasteiger partial charge in [0, 0.05) is 5.75 Å². The van der Waals surface area contributed by atoms with E-state index in [2.05, 4.69) is 62.4 Å². The van der Waals surface area contributed by atoms with Crippen LogP contribution in [0.5, 0.6) is 11.5 Å². The van der Waals surface area contributed by atoms with E-state index in [0.717, 1.165) is 62.2 Å². The minimum atomic E-state index is -2.67. The summed E-state index contributed by atoms with van der Waals surface area (Å²) in [6, 6.07) is 27.1. The van der Waals surface area contributed by atoms with Gasteiger partial charge in [-0.15, -0.1) is 0 Å². The topological polar surface area (TPSA) is 18.5 Å². The highest BCUT2D eigenvalue weighted by molar-refractivity contribution is 8.68. The molecule has 0 atom stereocenters. The van der Waals surface area contributed by atoms with Crippen LogP contribution in [-0.2, 0) is 31.1 Å². The maximum absolute atomic E-state index is 6.60. The van der Waals surface area contributed by atoms with Gasteiger partial charge in [0.25, 0.3) is 0 Å². The van der Waals surface area contributed by atoms with E-state index in [1.807, 2.05) is 30.3 Å². The van der Waals surface area contributed by atoms with E-state index in [9.17, 15) is 0 Å². The lowest BCUT2D eigenvalue weighted by Gasteiger charge is -2.25. The Bertz CT molecular complexity index is 966. The third-order valence-corrected chi connectivity index (χ3v) is 10.3. The van der Waals surface area contributed by atoms with Crippen LogP contribution in [0.3, 0.4) is 0 Å². The van der Waals surface area contributed by atoms with Gasteiger partial charge >= 0.3 is 5.69 Å². The Hall–Kier alpha value is -1.74. The Morgan fingerprint density at radius 3 is 1.67 bits per heavy atom. The second-order valence-corrected chi connectivity index (χ2v) is 14.4. The lowest BCUT2D eigenvalue weighted by Crippen LogP contribution is -2.03. The van der Waals surface area contributed by atoms with Crippen molar-refractivity contribution in [3.63, 3.8) is 0 Å². The quantitative estimate of drug-likeness (QED) is 0.206. The monoisotopic (exact) mass is 498 g/mol. The first kappa shape index (κ1) is 25.9. The molecule has 0 aliphatic carbocycles. The normalized spacial score (nSPS) is 11.3. The average Bonchev–Trinajstić information content (AvgIpc) is 2.83. The molecule has 0 aliphatic rings. The van der Waals surface area contributed by atoms with Gasteiger partial charge in [-0.25, -0.2) is 0 Å². The number of hydrogen-bond donors (Lipinski definition) is 0. The van der Waals surface area contributed by atoms with Gasteiger partial charge in [-0.1, -0.05) is 93.4 Å². The van der Waals surface area contributed by atoms with E-state index in [-0.39, 0.29) is 0 Å². The summed E-state index contributed by atoms with van der Waals surface area (Å²) in [7, 11) is 0. The minimum Gasteiger partial charge on any atom is -0.428 e. The van der Waals surface area contributed by atoms with Crippen LogP contribution in [0.2, 0.25) is 0 Å². The van der Waals surface area contributed by atoms with E-state index in [4.69, 9.17) is 20.9 Å². The van der Waals surface area contributed by atoms with Crippen molar-refractivity contribution >= 4 is 28.9 Å². The largest absolute Gasteiger partial charge is 0.428 e. The summed E-state index contributed by atoms with van der Waals surface area (Å²) in [5.41, 5.74) is 1.05. The zero-order chi connectivity index (χ0) is 23.4. The Labute approximate surface area is 209 Å². The standard InChI is InChI=1S/C28H35O2PS2/c1-3-5-16-25-18-10-12-20-27(25)29-31(32,33-23-22-24-14-8-7-9-15-24)30-28-21-13-11-19-26(28)17-6-4-2/h7-15,18-21H,3-6,16-17,22-23H2,1-2H3. The second-order valence-electron chi connectivity index (χ2n) is 8.12. The summed E-state index contributed by atoms with van der Waals surface area (Å²) >= 11 is 7.81. The predicted molar refractivity (Wildman–Crippen MR) is 148 cm³/mol. The molecule has 0 aliphatic heterocycles. The molecule has 0 fully saturated rings. The number of aryl methyl sites for hydroxylation is 3. The molecule has 0 unspecified atom stereocenters. The van der Waals surface area contributed by atoms with Crippen LogP contribution in [0.4, 0.5) is 0 Å². The van der Waals surface area contributed by atoms with Crippen molar-refractivity contribution < 1.29 is 9.05 Å². The fraction of sp³-hybridized carbons (Fsp3) is 0.357. The predicted octanol–water partition coefficient (Wildman–Crippen LogP) is 9.03. The third-order valence-electron chi connectivity index (χ3n) is 5.45. The second kappa shape index (κ2) is 13.8.